The van der Waals surface area contributed by atoms with Crippen LogP contribution in [0.25, 0.3) is 0 Å². The molecule has 0 radical (unpaired) electrons. The van der Waals surface area contributed by atoms with Gasteiger partial charge in [0, 0.05) is 12.2 Å². The average Bonchev–Trinajstić information content (AvgIpc) is 2.40. The lowest BCUT2D eigenvalue weighted by Gasteiger charge is -2.11. The van der Waals surface area contributed by atoms with E-state index in [1.807, 2.05) is 18.2 Å². The number of aromatic nitrogens is 1. The molecule has 0 saturated heterocycles. The summed E-state index contributed by atoms with van der Waals surface area (Å²) in [6, 6.07) is 12.9. The first-order chi connectivity index (χ1) is 8.77. The molecule has 0 aliphatic carbocycles. The van der Waals surface area contributed by atoms with Crippen LogP contribution in [-0.2, 0) is 6.42 Å². The number of benzene rings is 1. The summed E-state index contributed by atoms with van der Waals surface area (Å²) in [7, 11) is 0. The Morgan fingerprint density at radius 3 is 2.61 bits per heavy atom. The van der Waals surface area contributed by atoms with Crippen molar-refractivity contribution in [2.45, 2.75) is 25.3 Å². The largest absolute Gasteiger partial charge is 0.323 e. The van der Waals surface area contributed by atoms with E-state index in [0.717, 1.165) is 19.3 Å². The number of hydrogen-bond donors (Lipinski definition) is 1. The van der Waals surface area contributed by atoms with Crippen LogP contribution in [0.5, 0.6) is 0 Å². The summed E-state index contributed by atoms with van der Waals surface area (Å²) in [5.74, 6) is -0.315. The second kappa shape index (κ2) is 6.26. The zero-order valence-electron chi connectivity index (χ0n) is 10.2. The molecule has 0 spiro atoms. The normalized spacial score (nSPS) is 12.3. The van der Waals surface area contributed by atoms with Crippen LogP contribution in [0.3, 0.4) is 0 Å². The molecule has 1 aromatic carbocycles. The van der Waals surface area contributed by atoms with E-state index in [4.69, 9.17) is 5.73 Å². The van der Waals surface area contributed by atoms with Crippen LogP contribution in [0.4, 0.5) is 4.39 Å². The van der Waals surface area contributed by atoms with Crippen LogP contribution in [0.2, 0.25) is 0 Å². The lowest BCUT2D eigenvalue weighted by molar-refractivity contribution is 0.534. The number of rotatable bonds is 5. The molecule has 0 aliphatic heterocycles. The molecule has 1 unspecified atom stereocenters. The van der Waals surface area contributed by atoms with Crippen molar-refractivity contribution in [1.82, 2.24) is 4.98 Å². The molecule has 94 valence electrons. The van der Waals surface area contributed by atoms with Crippen LogP contribution < -0.4 is 5.73 Å². The topological polar surface area (TPSA) is 38.9 Å². The fraction of sp³-hybridized carbons (Fsp3) is 0.267. The standard InChI is InChI=1S/C15H17FN2/c16-13-9-5-11-18-15(13)14(17)10-4-8-12-6-2-1-3-7-12/h1-3,5-7,9,11,14H,4,8,10,17H2. The van der Waals surface area contributed by atoms with Gasteiger partial charge in [0.05, 0.1) is 5.69 Å². The Bertz CT molecular complexity index is 485. The van der Waals surface area contributed by atoms with Gasteiger partial charge < -0.3 is 5.73 Å². The molecular formula is C15H17FN2. The Kier molecular flexibility index (Phi) is 4.42. The van der Waals surface area contributed by atoms with Gasteiger partial charge in [-0.25, -0.2) is 4.39 Å². The Balaban J connectivity index is 1.86. The average molecular weight is 244 g/mol. The SMILES string of the molecule is NC(CCCc1ccccc1)c1ncccc1F. The van der Waals surface area contributed by atoms with Crippen molar-refractivity contribution < 1.29 is 4.39 Å². The van der Waals surface area contributed by atoms with Crippen LogP contribution in [-0.4, -0.2) is 4.98 Å². The maximum atomic E-state index is 13.4. The van der Waals surface area contributed by atoms with Crippen molar-refractivity contribution in [3.8, 4) is 0 Å². The molecule has 1 heterocycles. The number of nitrogens with two attached hydrogens (primary N) is 1. The lowest BCUT2D eigenvalue weighted by Crippen LogP contribution is -2.14. The first-order valence-corrected chi connectivity index (χ1v) is 6.17. The van der Waals surface area contributed by atoms with Crippen molar-refractivity contribution in [2.24, 2.45) is 5.73 Å². The van der Waals surface area contributed by atoms with Gasteiger partial charge >= 0.3 is 0 Å². The quantitative estimate of drug-likeness (QED) is 0.877. The van der Waals surface area contributed by atoms with Crippen molar-refractivity contribution in [1.29, 1.82) is 0 Å². The number of aryl methyl sites for hydroxylation is 1. The van der Waals surface area contributed by atoms with E-state index in [0.29, 0.717) is 5.69 Å². The molecule has 1 aromatic heterocycles. The van der Waals surface area contributed by atoms with Crippen molar-refractivity contribution in [3.63, 3.8) is 0 Å². The Morgan fingerprint density at radius 1 is 1.11 bits per heavy atom. The third kappa shape index (κ3) is 3.37. The van der Waals surface area contributed by atoms with Crippen molar-refractivity contribution in [3.05, 3.63) is 65.7 Å². The highest BCUT2D eigenvalue weighted by Gasteiger charge is 2.11. The molecule has 2 rings (SSSR count). The molecule has 0 saturated carbocycles. The fourth-order valence-corrected chi connectivity index (χ4v) is 1.98. The van der Waals surface area contributed by atoms with E-state index in [1.165, 1.54) is 11.6 Å². The molecule has 2 nitrogen and oxygen atoms in total. The van der Waals surface area contributed by atoms with Gasteiger partial charge in [-0.15, -0.1) is 0 Å². The first kappa shape index (κ1) is 12.7. The summed E-state index contributed by atoms with van der Waals surface area (Å²) in [5, 5.41) is 0. The molecule has 1 atom stereocenters. The Labute approximate surface area is 107 Å². The number of nitrogens with zero attached hydrogens (tertiary/aromatic N) is 1. The number of pyridine rings is 1. The van der Waals surface area contributed by atoms with E-state index < -0.39 is 0 Å². The van der Waals surface area contributed by atoms with Gasteiger partial charge in [0.1, 0.15) is 5.82 Å². The highest BCUT2D eigenvalue weighted by atomic mass is 19.1. The maximum absolute atomic E-state index is 13.4. The summed E-state index contributed by atoms with van der Waals surface area (Å²) in [6.07, 6.45) is 4.21. The van der Waals surface area contributed by atoms with Crippen LogP contribution in [0.1, 0.15) is 30.1 Å². The second-order valence-electron chi connectivity index (χ2n) is 4.35. The number of halogens is 1. The molecule has 3 heteroatoms. The van der Waals surface area contributed by atoms with Gasteiger partial charge in [0.2, 0.25) is 0 Å². The van der Waals surface area contributed by atoms with Gasteiger partial charge in [-0.05, 0) is 37.0 Å². The lowest BCUT2D eigenvalue weighted by atomic mass is 10.0. The van der Waals surface area contributed by atoms with Gasteiger partial charge in [0.25, 0.3) is 0 Å². The van der Waals surface area contributed by atoms with E-state index in [9.17, 15) is 4.39 Å². The zero-order valence-corrected chi connectivity index (χ0v) is 10.2. The van der Waals surface area contributed by atoms with Crippen LogP contribution >= 0.6 is 0 Å². The minimum atomic E-state index is -0.324. The minimum Gasteiger partial charge on any atom is -0.323 e. The van der Waals surface area contributed by atoms with Gasteiger partial charge in [0.15, 0.2) is 0 Å². The van der Waals surface area contributed by atoms with Crippen LogP contribution in [0, 0.1) is 5.82 Å². The van der Waals surface area contributed by atoms with E-state index in [1.54, 1.807) is 12.3 Å². The molecule has 0 fully saturated rings. The maximum Gasteiger partial charge on any atom is 0.146 e. The number of hydrogen-bond acceptors (Lipinski definition) is 2. The van der Waals surface area contributed by atoms with E-state index in [-0.39, 0.29) is 11.9 Å². The second-order valence-corrected chi connectivity index (χ2v) is 4.35. The fourth-order valence-electron chi connectivity index (χ4n) is 1.98. The van der Waals surface area contributed by atoms with Crippen LogP contribution in [0.15, 0.2) is 48.7 Å². The highest BCUT2D eigenvalue weighted by molar-refractivity contribution is 5.15. The van der Waals surface area contributed by atoms with Gasteiger partial charge in [-0.1, -0.05) is 30.3 Å². The van der Waals surface area contributed by atoms with E-state index in [2.05, 4.69) is 17.1 Å². The first-order valence-electron chi connectivity index (χ1n) is 6.17. The predicted octanol–water partition coefficient (Wildman–Crippen LogP) is 3.24. The summed E-state index contributed by atoms with van der Waals surface area (Å²) in [4.78, 5) is 4.00. The zero-order chi connectivity index (χ0) is 12.8. The predicted molar refractivity (Wildman–Crippen MR) is 70.5 cm³/mol. The molecule has 2 N–H and O–H groups in total. The molecule has 0 amide bonds. The molecule has 2 aromatic rings. The third-order valence-electron chi connectivity index (χ3n) is 2.96. The monoisotopic (exact) mass is 244 g/mol. The molecule has 0 bridgehead atoms. The van der Waals surface area contributed by atoms with Gasteiger partial charge in [-0.2, -0.15) is 0 Å². The molecule has 0 aliphatic rings. The van der Waals surface area contributed by atoms with E-state index >= 15 is 0 Å². The summed E-state index contributed by atoms with van der Waals surface area (Å²) in [5.41, 5.74) is 7.61. The third-order valence-corrected chi connectivity index (χ3v) is 2.96. The smallest absolute Gasteiger partial charge is 0.146 e. The van der Waals surface area contributed by atoms with Crippen molar-refractivity contribution >= 4 is 0 Å². The Morgan fingerprint density at radius 2 is 1.89 bits per heavy atom. The summed E-state index contributed by atoms with van der Waals surface area (Å²) >= 11 is 0. The van der Waals surface area contributed by atoms with Crippen molar-refractivity contribution in [2.75, 3.05) is 0 Å². The summed E-state index contributed by atoms with van der Waals surface area (Å²) < 4.78 is 13.4. The van der Waals surface area contributed by atoms with Gasteiger partial charge in [-0.3, -0.25) is 4.98 Å². The highest BCUT2D eigenvalue weighted by Crippen LogP contribution is 2.17. The Hall–Kier alpha value is -1.74. The molecule has 18 heavy (non-hydrogen) atoms. The minimum absolute atomic E-state index is 0.315. The summed E-state index contributed by atoms with van der Waals surface area (Å²) in [6.45, 7) is 0. The molecular weight excluding hydrogens is 227 g/mol.